The van der Waals surface area contributed by atoms with E-state index < -0.39 is 5.82 Å². The van der Waals surface area contributed by atoms with Gasteiger partial charge in [-0.3, -0.25) is 4.68 Å². The van der Waals surface area contributed by atoms with Crippen molar-refractivity contribution in [3.63, 3.8) is 0 Å². The highest BCUT2D eigenvalue weighted by Gasteiger charge is 2.04. The molecule has 0 aliphatic carbocycles. The van der Waals surface area contributed by atoms with Crippen LogP contribution in [0, 0.1) is 17.1 Å². The molecule has 0 atom stereocenters. The molecule has 0 aliphatic heterocycles. The third kappa shape index (κ3) is 2.39. The van der Waals surface area contributed by atoms with E-state index >= 15 is 0 Å². The molecule has 17 heavy (non-hydrogen) atoms. The summed E-state index contributed by atoms with van der Waals surface area (Å²) in [6.45, 7) is 0.423. The fourth-order valence-electron chi connectivity index (χ4n) is 1.38. The molecule has 0 unspecified atom stereocenters. The molecule has 0 amide bonds. The fourth-order valence-corrected chi connectivity index (χ4v) is 1.38. The quantitative estimate of drug-likeness (QED) is 0.867. The van der Waals surface area contributed by atoms with Crippen LogP contribution in [-0.4, -0.2) is 15.0 Å². The number of nitrogens with zero attached hydrogens (tertiary/aromatic N) is 4. The number of halogens is 1. The number of hydrogen-bond acceptors (Lipinski definition) is 4. The maximum Gasteiger partial charge on any atom is 0.147 e. The largest absolute Gasteiger partial charge is 0.377 e. The van der Waals surface area contributed by atoms with E-state index in [0.717, 1.165) is 5.69 Å². The van der Waals surface area contributed by atoms with Crippen molar-refractivity contribution in [1.82, 2.24) is 15.0 Å². The lowest BCUT2D eigenvalue weighted by molar-refractivity contribution is 0.628. The summed E-state index contributed by atoms with van der Waals surface area (Å²) >= 11 is 0. The molecule has 0 aliphatic rings. The first-order chi connectivity index (χ1) is 8.20. The van der Waals surface area contributed by atoms with Crippen LogP contribution in [0.4, 0.5) is 10.1 Å². The Balaban J connectivity index is 2.10. The minimum atomic E-state index is -0.445. The zero-order valence-electron chi connectivity index (χ0n) is 9.18. The molecule has 0 fully saturated rings. The zero-order valence-corrected chi connectivity index (χ0v) is 9.18. The summed E-state index contributed by atoms with van der Waals surface area (Å²) < 4.78 is 15.1. The molecule has 1 aromatic carbocycles. The van der Waals surface area contributed by atoms with Gasteiger partial charge >= 0.3 is 0 Å². The summed E-state index contributed by atoms with van der Waals surface area (Å²) in [5.74, 6) is -0.445. The Morgan fingerprint density at radius 2 is 2.35 bits per heavy atom. The van der Waals surface area contributed by atoms with Gasteiger partial charge in [0.1, 0.15) is 5.82 Å². The lowest BCUT2D eigenvalue weighted by Gasteiger charge is -2.07. The molecule has 6 heteroatoms. The van der Waals surface area contributed by atoms with Crippen molar-refractivity contribution in [2.45, 2.75) is 6.54 Å². The molecule has 0 radical (unpaired) electrons. The normalized spacial score (nSPS) is 9.94. The highest BCUT2D eigenvalue weighted by Crippen LogP contribution is 2.16. The van der Waals surface area contributed by atoms with Gasteiger partial charge in [-0.25, -0.2) is 4.39 Å². The van der Waals surface area contributed by atoms with Crippen LogP contribution in [0.25, 0.3) is 0 Å². The fraction of sp³-hybridized carbons (Fsp3) is 0.182. The highest BCUT2D eigenvalue weighted by atomic mass is 19.1. The molecule has 86 valence electrons. The van der Waals surface area contributed by atoms with Gasteiger partial charge < -0.3 is 5.32 Å². The van der Waals surface area contributed by atoms with Crippen LogP contribution in [0.3, 0.4) is 0 Å². The van der Waals surface area contributed by atoms with Crippen LogP contribution >= 0.6 is 0 Å². The van der Waals surface area contributed by atoms with Gasteiger partial charge in [0, 0.05) is 7.05 Å². The summed E-state index contributed by atoms with van der Waals surface area (Å²) in [7, 11) is 1.76. The maximum atomic E-state index is 13.5. The smallest absolute Gasteiger partial charge is 0.147 e. The summed E-state index contributed by atoms with van der Waals surface area (Å²) in [4.78, 5) is 0. The van der Waals surface area contributed by atoms with E-state index in [1.54, 1.807) is 24.0 Å². The zero-order chi connectivity index (χ0) is 12.3. The molecule has 0 saturated carbocycles. The van der Waals surface area contributed by atoms with E-state index in [1.807, 2.05) is 6.07 Å². The molecule has 0 bridgehead atoms. The number of nitriles is 1. The third-order valence-electron chi connectivity index (χ3n) is 2.37. The van der Waals surface area contributed by atoms with Crippen molar-refractivity contribution in [1.29, 1.82) is 5.26 Å². The second kappa shape index (κ2) is 4.61. The Kier molecular flexibility index (Phi) is 3.01. The average molecular weight is 231 g/mol. The van der Waals surface area contributed by atoms with E-state index in [-0.39, 0.29) is 0 Å². The Bertz CT molecular complexity index is 569. The summed E-state index contributed by atoms with van der Waals surface area (Å²) in [5.41, 5.74) is 1.49. The Hall–Kier alpha value is -2.42. The van der Waals surface area contributed by atoms with Crippen LogP contribution in [0.15, 0.2) is 24.4 Å². The van der Waals surface area contributed by atoms with Gasteiger partial charge in [-0.15, -0.1) is 5.10 Å². The number of benzene rings is 1. The monoisotopic (exact) mass is 231 g/mol. The molecule has 1 heterocycles. The summed E-state index contributed by atoms with van der Waals surface area (Å²) in [6, 6.07) is 6.18. The number of anilines is 1. The molecule has 2 aromatic rings. The van der Waals surface area contributed by atoms with Crippen LogP contribution in [0.5, 0.6) is 0 Å². The lowest BCUT2D eigenvalue weighted by Crippen LogP contribution is -2.06. The van der Waals surface area contributed by atoms with Gasteiger partial charge in [0.25, 0.3) is 0 Å². The molecule has 1 N–H and O–H groups in total. The molecule has 0 spiro atoms. The first-order valence-electron chi connectivity index (χ1n) is 4.98. The second-order valence-corrected chi connectivity index (χ2v) is 3.51. The summed E-state index contributed by atoms with van der Waals surface area (Å²) in [6.07, 6.45) is 1.61. The van der Waals surface area contributed by atoms with Crippen LogP contribution < -0.4 is 5.32 Å². The van der Waals surface area contributed by atoms with E-state index in [4.69, 9.17) is 5.26 Å². The van der Waals surface area contributed by atoms with Crippen LogP contribution in [-0.2, 0) is 13.6 Å². The van der Waals surface area contributed by atoms with Gasteiger partial charge in [0.2, 0.25) is 0 Å². The van der Waals surface area contributed by atoms with Crippen molar-refractivity contribution < 1.29 is 4.39 Å². The SMILES string of the molecule is Cn1nncc1CNc1ccc(C#N)cc1F. The number of hydrogen-bond donors (Lipinski definition) is 1. The molecular formula is C11H10FN5. The minimum absolute atomic E-state index is 0.301. The van der Waals surface area contributed by atoms with Gasteiger partial charge in [-0.1, -0.05) is 5.21 Å². The van der Waals surface area contributed by atoms with Gasteiger partial charge in [-0.05, 0) is 18.2 Å². The van der Waals surface area contributed by atoms with Crippen molar-refractivity contribution in [3.05, 3.63) is 41.5 Å². The molecular weight excluding hydrogens is 221 g/mol. The topological polar surface area (TPSA) is 66.5 Å². The van der Waals surface area contributed by atoms with Gasteiger partial charge in [-0.2, -0.15) is 5.26 Å². The molecule has 1 aromatic heterocycles. The van der Waals surface area contributed by atoms with Crippen molar-refractivity contribution in [2.24, 2.45) is 7.05 Å². The maximum absolute atomic E-state index is 13.5. The third-order valence-corrected chi connectivity index (χ3v) is 2.37. The Morgan fingerprint density at radius 1 is 1.53 bits per heavy atom. The Labute approximate surface area is 97.5 Å². The average Bonchev–Trinajstić information content (AvgIpc) is 2.73. The van der Waals surface area contributed by atoms with E-state index in [0.29, 0.717) is 17.8 Å². The molecule has 5 nitrogen and oxygen atoms in total. The van der Waals surface area contributed by atoms with Crippen LogP contribution in [0.1, 0.15) is 11.3 Å². The van der Waals surface area contributed by atoms with Crippen molar-refractivity contribution in [3.8, 4) is 6.07 Å². The Morgan fingerprint density at radius 3 is 2.94 bits per heavy atom. The van der Waals surface area contributed by atoms with Crippen molar-refractivity contribution in [2.75, 3.05) is 5.32 Å². The minimum Gasteiger partial charge on any atom is -0.377 e. The van der Waals surface area contributed by atoms with E-state index in [1.165, 1.54) is 12.1 Å². The van der Waals surface area contributed by atoms with Gasteiger partial charge in [0.05, 0.1) is 35.8 Å². The van der Waals surface area contributed by atoms with Gasteiger partial charge in [0.15, 0.2) is 0 Å². The first-order valence-corrected chi connectivity index (χ1v) is 4.98. The number of nitrogens with one attached hydrogen (secondary N) is 1. The van der Waals surface area contributed by atoms with E-state index in [2.05, 4.69) is 15.6 Å². The number of aromatic nitrogens is 3. The summed E-state index contributed by atoms with van der Waals surface area (Å²) in [5, 5.41) is 19.0. The predicted molar refractivity (Wildman–Crippen MR) is 59.4 cm³/mol. The first kappa shape index (κ1) is 11.1. The van der Waals surface area contributed by atoms with E-state index in [9.17, 15) is 4.39 Å². The molecule has 0 saturated heterocycles. The standard InChI is InChI=1S/C11H10FN5/c1-17-9(7-15-16-17)6-14-11-3-2-8(5-13)4-10(11)12/h2-4,7,14H,6H2,1H3. The predicted octanol–water partition coefficient (Wildman–Crippen LogP) is 1.44. The van der Waals surface area contributed by atoms with Crippen molar-refractivity contribution >= 4 is 5.69 Å². The number of rotatable bonds is 3. The highest BCUT2D eigenvalue weighted by molar-refractivity contribution is 5.48. The molecule has 2 rings (SSSR count). The lowest BCUT2D eigenvalue weighted by atomic mass is 10.2. The number of aryl methyl sites for hydroxylation is 1. The van der Waals surface area contributed by atoms with Crippen LogP contribution in [0.2, 0.25) is 0 Å². The second-order valence-electron chi connectivity index (χ2n) is 3.51.